The molecule has 0 bridgehead atoms. The number of nitrogens with zero attached hydrogens (tertiary/aromatic N) is 4. The Morgan fingerprint density at radius 2 is 1.04 bits per heavy atom. The molecule has 0 N–H and O–H groups in total. The van der Waals surface area contributed by atoms with Gasteiger partial charge in [0.15, 0.2) is 5.58 Å². The van der Waals surface area contributed by atoms with Gasteiger partial charge in [0.2, 0.25) is 0 Å². The van der Waals surface area contributed by atoms with Crippen molar-refractivity contribution < 1.29 is 4.42 Å². The predicted molar refractivity (Wildman–Crippen MR) is 291 cm³/mol. The summed E-state index contributed by atoms with van der Waals surface area (Å²) in [7, 11) is 0. The molecule has 6 heterocycles. The highest BCUT2D eigenvalue weighted by Crippen LogP contribution is 2.56. The van der Waals surface area contributed by atoms with Crippen molar-refractivity contribution in [2.75, 3.05) is 14.7 Å². The third-order valence-electron chi connectivity index (χ3n) is 14.8. The molecule has 0 unspecified atom stereocenters. The van der Waals surface area contributed by atoms with E-state index < -0.39 is 0 Å². The number of aromatic nitrogens is 1. The smallest absolute Gasteiger partial charge is 0.264 e. The van der Waals surface area contributed by atoms with E-state index in [-0.39, 0.29) is 6.71 Å². The van der Waals surface area contributed by atoms with Crippen LogP contribution in [0.25, 0.3) is 70.6 Å². The SMILES string of the molecule is c1ccc(-c2ccc3sc4c(c3c2)N(c2cccc3c2oc2ccccc23)c2cc(N(c3ccccc3)c3ccccc3)cc3c2B4c2cccc4c2N3c2cccc3c5ccccc5n-4c23)cc1. The first-order valence-electron chi connectivity index (χ1n) is 23.6. The van der Waals surface area contributed by atoms with Gasteiger partial charge in [-0.25, -0.2) is 0 Å². The van der Waals surface area contributed by atoms with Crippen LogP contribution in [0, 0.1) is 0 Å². The maximum Gasteiger partial charge on any atom is 0.264 e. The monoisotopic (exact) mass is 896 g/mol. The van der Waals surface area contributed by atoms with Crippen molar-refractivity contribution in [3.63, 3.8) is 0 Å². The van der Waals surface area contributed by atoms with Gasteiger partial charge in [-0.3, -0.25) is 0 Å². The molecular formula is C62H37BN4OS. The van der Waals surface area contributed by atoms with Gasteiger partial charge in [-0.15, -0.1) is 11.3 Å². The van der Waals surface area contributed by atoms with Gasteiger partial charge in [-0.2, -0.15) is 0 Å². The molecule has 0 aliphatic carbocycles. The fourth-order valence-corrected chi connectivity index (χ4v) is 13.4. The summed E-state index contributed by atoms with van der Waals surface area (Å²) in [5, 5.41) is 5.94. The van der Waals surface area contributed by atoms with Gasteiger partial charge in [-0.1, -0.05) is 146 Å². The van der Waals surface area contributed by atoms with Gasteiger partial charge in [0.05, 0.1) is 45.2 Å². The van der Waals surface area contributed by atoms with Gasteiger partial charge in [-0.05, 0) is 101 Å². The third kappa shape index (κ3) is 5.04. The molecule has 0 saturated carbocycles. The van der Waals surface area contributed by atoms with Crippen molar-refractivity contribution in [3.05, 3.63) is 224 Å². The largest absolute Gasteiger partial charge is 0.454 e. The number of hydrogen-bond donors (Lipinski definition) is 0. The Morgan fingerprint density at radius 1 is 0.420 bits per heavy atom. The second kappa shape index (κ2) is 13.9. The number of rotatable bonds is 5. The number of fused-ring (bicyclic) bond motifs is 14. The van der Waals surface area contributed by atoms with Crippen LogP contribution in [0.4, 0.5) is 51.2 Å². The fraction of sp³-hybridized carbons (Fsp3) is 0. The number of thiophene rings is 1. The van der Waals surface area contributed by atoms with E-state index in [1.165, 1.54) is 87.2 Å². The summed E-state index contributed by atoms with van der Waals surface area (Å²) in [4.78, 5) is 7.59. The summed E-state index contributed by atoms with van der Waals surface area (Å²) in [6.07, 6.45) is 0. The highest BCUT2D eigenvalue weighted by Gasteiger charge is 2.48. The van der Waals surface area contributed by atoms with Crippen LogP contribution < -0.4 is 30.4 Å². The zero-order valence-electron chi connectivity index (χ0n) is 37.0. The summed E-state index contributed by atoms with van der Waals surface area (Å²) in [6, 6.07) is 82.3. The van der Waals surface area contributed by atoms with E-state index in [0.29, 0.717) is 0 Å². The second-order valence-corrected chi connectivity index (χ2v) is 19.5. The average molecular weight is 897 g/mol. The van der Waals surface area contributed by atoms with Crippen molar-refractivity contribution >= 4 is 139 Å². The molecule has 5 nitrogen and oxygen atoms in total. The first-order valence-corrected chi connectivity index (χ1v) is 24.4. The van der Waals surface area contributed by atoms with E-state index in [4.69, 9.17) is 4.42 Å². The number of para-hydroxylation sites is 7. The lowest BCUT2D eigenvalue weighted by Crippen LogP contribution is -2.61. The maximum absolute atomic E-state index is 7.03. The number of furan rings is 1. The first-order chi connectivity index (χ1) is 34.3. The second-order valence-electron chi connectivity index (χ2n) is 18.4. The molecule has 7 heteroatoms. The van der Waals surface area contributed by atoms with Crippen LogP contribution in [0.15, 0.2) is 229 Å². The van der Waals surface area contributed by atoms with Gasteiger partial charge < -0.3 is 23.7 Å². The molecule has 3 aromatic heterocycles. The first kappa shape index (κ1) is 37.3. The predicted octanol–water partition coefficient (Wildman–Crippen LogP) is 15.4. The Hall–Kier alpha value is -8.78. The molecule has 320 valence electrons. The summed E-state index contributed by atoms with van der Waals surface area (Å²) in [5.41, 5.74) is 20.5. The Bertz CT molecular complexity index is 4250. The Kier molecular flexibility index (Phi) is 7.52. The van der Waals surface area contributed by atoms with Crippen LogP contribution >= 0.6 is 11.3 Å². The van der Waals surface area contributed by atoms with Gasteiger partial charge in [0.25, 0.3) is 6.71 Å². The van der Waals surface area contributed by atoms with Crippen molar-refractivity contribution in [1.29, 1.82) is 0 Å². The van der Waals surface area contributed by atoms with Crippen LogP contribution in [0.3, 0.4) is 0 Å². The van der Waals surface area contributed by atoms with E-state index in [0.717, 1.165) is 50.4 Å². The Morgan fingerprint density at radius 3 is 1.83 bits per heavy atom. The van der Waals surface area contributed by atoms with E-state index in [2.05, 4.69) is 244 Å². The normalized spacial score (nSPS) is 13.1. The quantitative estimate of drug-likeness (QED) is 0.161. The average Bonchev–Trinajstić information content (AvgIpc) is 4.10. The van der Waals surface area contributed by atoms with Crippen molar-refractivity contribution in [3.8, 4) is 16.8 Å². The van der Waals surface area contributed by atoms with E-state index in [9.17, 15) is 0 Å². The summed E-state index contributed by atoms with van der Waals surface area (Å²) >= 11 is 1.93. The van der Waals surface area contributed by atoms with E-state index >= 15 is 0 Å². The molecule has 69 heavy (non-hydrogen) atoms. The number of anilines is 9. The molecule has 0 spiro atoms. The van der Waals surface area contributed by atoms with Gasteiger partial charge >= 0.3 is 0 Å². The molecule has 10 aromatic carbocycles. The molecule has 3 aliphatic heterocycles. The standard InChI is InChI=1S/C62H37BN4OS/c1-4-17-38(18-5-1)39-33-34-56-47(35-39)59-62(69-56)63-48-27-16-30-51-60(48)66(50-29-14-25-45-43-23-10-12-28-49(43)65(51)58(45)50)53-36-42(64(40-19-6-2-7-20-40)41-21-8-3-9-22-41)37-54(57(53)63)67(59)52-31-15-26-46-44-24-11-13-32-55(44)68-61(46)52/h1-37H. The molecule has 0 radical (unpaired) electrons. The summed E-state index contributed by atoms with van der Waals surface area (Å²) in [6.45, 7) is -0.0709. The van der Waals surface area contributed by atoms with E-state index in [1.54, 1.807) is 0 Å². The summed E-state index contributed by atoms with van der Waals surface area (Å²) in [5.74, 6) is 0. The third-order valence-corrected chi connectivity index (χ3v) is 16.0. The van der Waals surface area contributed by atoms with Crippen LogP contribution in [0.5, 0.6) is 0 Å². The van der Waals surface area contributed by atoms with Gasteiger partial charge in [0.1, 0.15) is 5.58 Å². The zero-order chi connectivity index (χ0) is 44.9. The maximum atomic E-state index is 7.03. The lowest BCUT2D eigenvalue weighted by molar-refractivity contribution is 0.669. The lowest BCUT2D eigenvalue weighted by Gasteiger charge is -2.46. The molecule has 16 rings (SSSR count). The highest BCUT2D eigenvalue weighted by molar-refractivity contribution is 7.33. The molecule has 13 aromatic rings. The highest BCUT2D eigenvalue weighted by atomic mass is 32.1. The minimum absolute atomic E-state index is 0.0709. The molecule has 0 amide bonds. The van der Waals surface area contributed by atoms with Crippen LogP contribution in [0.2, 0.25) is 0 Å². The Labute approximate surface area is 401 Å². The van der Waals surface area contributed by atoms with Crippen molar-refractivity contribution in [2.24, 2.45) is 0 Å². The number of benzene rings is 10. The van der Waals surface area contributed by atoms with Crippen molar-refractivity contribution in [2.45, 2.75) is 0 Å². The van der Waals surface area contributed by atoms with Crippen LogP contribution in [-0.4, -0.2) is 11.3 Å². The topological polar surface area (TPSA) is 27.8 Å². The minimum atomic E-state index is -0.0709. The molecule has 0 atom stereocenters. The molecule has 3 aliphatic rings. The Balaban J connectivity index is 1.09. The van der Waals surface area contributed by atoms with Gasteiger partial charge in [0, 0.05) is 59.2 Å². The van der Waals surface area contributed by atoms with Crippen LogP contribution in [0.1, 0.15) is 0 Å². The van der Waals surface area contributed by atoms with E-state index in [1.807, 2.05) is 11.3 Å². The zero-order valence-corrected chi connectivity index (χ0v) is 37.9. The number of hydrogen-bond acceptors (Lipinski definition) is 5. The molecular weight excluding hydrogens is 860 g/mol. The minimum Gasteiger partial charge on any atom is -0.454 e. The fourth-order valence-electron chi connectivity index (χ4n) is 12.1. The van der Waals surface area contributed by atoms with Crippen LogP contribution in [-0.2, 0) is 0 Å². The molecule has 0 fully saturated rings. The lowest BCUT2D eigenvalue weighted by atomic mass is 9.36. The van der Waals surface area contributed by atoms with Crippen molar-refractivity contribution in [1.82, 2.24) is 4.57 Å². The summed E-state index contributed by atoms with van der Waals surface area (Å²) < 4.78 is 12.1. The molecule has 0 saturated heterocycles.